The average molecular weight is 662 g/mol. The Morgan fingerprint density at radius 3 is 2.64 bits per heavy atom. The number of rotatable bonds is 11. The molecular formula is C34H34BrFN4O4. The number of fused-ring (bicyclic) bond motifs is 1. The lowest BCUT2D eigenvalue weighted by Gasteiger charge is -2.22. The summed E-state index contributed by atoms with van der Waals surface area (Å²) in [6.45, 7) is 5.80. The molecule has 1 N–H and O–H groups in total. The van der Waals surface area contributed by atoms with E-state index in [1.54, 1.807) is 24.4 Å². The first-order chi connectivity index (χ1) is 21.4. The van der Waals surface area contributed by atoms with Crippen LogP contribution in [0.15, 0.2) is 81.6 Å². The molecule has 1 aromatic heterocycles. The number of carbonyl (C=O) groups excluding carboxylic acids is 1. The fraction of sp³-hybridized carbons (Fsp3) is 0.294. The van der Waals surface area contributed by atoms with Crippen molar-refractivity contribution in [1.82, 2.24) is 9.66 Å². The second kappa shape index (κ2) is 14.4. The zero-order valence-corrected chi connectivity index (χ0v) is 26.1. The molecule has 0 unspecified atom stereocenters. The normalized spacial score (nSPS) is 13.7. The Morgan fingerprint density at radius 1 is 1.14 bits per heavy atom. The van der Waals surface area contributed by atoms with Crippen molar-refractivity contribution in [3.05, 3.63) is 105 Å². The van der Waals surface area contributed by atoms with Crippen molar-refractivity contribution >= 4 is 44.6 Å². The molecule has 0 saturated heterocycles. The lowest BCUT2D eigenvalue weighted by Crippen LogP contribution is -2.25. The van der Waals surface area contributed by atoms with Crippen LogP contribution in [0, 0.1) is 5.82 Å². The van der Waals surface area contributed by atoms with Crippen LogP contribution in [0.5, 0.6) is 11.5 Å². The summed E-state index contributed by atoms with van der Waals surface area (Å²) in [4.78, 5) is 31.2. The predicted octanol–water partition coefficient (Wildman–Crippen LogP) is 7.37. The molecule has 228 valence electrons. The van der Waals surface area contributed by atoms with Crippen LogP contribution in [0.4, 0.5) is 10.1 Å². The molecule has 0 radical (unpaired) electrons. The van der Waals surface area contributed by atoms with Crippen LogP contribution in [0.2, 0.25) is 0 Å². The van der Waals surface area contributed by atoms with Gasteiger partial charge in [0.25, 0.3) is 11.5 Å². The molecule has 3 aromatic carbocycles. The minimum Gasteiger partial charge on any atom is -0.490 e. The highest BCUT2D eigenvalue weighted by molar-refractivity contribution is 9.10. The number of benzene rings is 3. The molecule has 1 amide bonds. The number of amides is 1. The third-order valence-electron chi connectivity index (χ3n) is 7.42. The van der Waals surface area contributed by atoms with E-state index in [2.05, 4.69) is 32.9 Å². The van der Waals surface area contributed by atoms with Gasteiger partial charge in [-0.05, 0) is 86.3 Å². The summed E-state index contributed by atoms with van der Waals surface area (Å²) >= 11 is 3.47. The van der Waals surface area contributed by atoms with Gasteiger partial charge in [0.2, 0.25) is 0 Å². The SMILES string of the molecule is C=CCc1cc(C=Nn2c(C3CCCCC3)nc3ccc(Br)cc3c2=O)cc(OCC)c1OCC(=O)Nc1ccc(F)cc1. The second-order valence-electron chi connectivity index (χ2n) is 10.6. The smallest absolute Gasteiger partial charge is 0.282 e. The van der Waals surface area contributed by atoms with Crippen molar-refractivity contribution < 1.29 is 18.7 Å². The molecule has 1 aliphatic rings. The number of nitrogens with zero attached hydrogens (tertiary/aromatic N) is 3. The first-order valence-corrected chi connectivity index (χ1v) is 15.5. The number of halogens is 2. The Kier molecular flexibility index (Phi) is 10.2. The predicted molar refractivity (Wildman–Crippen MR) is 175 cm³/mol. The van der Waals surface area contributed by atoms with Gasteiger partial charge in [-0.2, -0.15) is 9.78 Å². The Balaban J connectivity index is 1.47. The van der Waals surface area contributed by atoms with Gasteiger partial charge in [0, 0.05) is 21.6 Å². The molecule has 44 heavy (non-hydrogen) atoms. The number of anilines is 1. The van der Waals surface area contributed by atoms with Gasteiger partial charge in [-0.15, -0.1) is 6.58 Å². The maximum absolute atomic E-state index is 13.7. The topological polar surface area (TPSA) is 94.8 Å². The molecule has 0 aliphatic heterocycles. The Bertz CT molecular complexity index is 1750. The molecule has 0 spiro atoms. The maximum Gasteiger partial charge on any atom is 0.282 e. The van der Waals surface area contributed by atoms with E-state index in [-0.39, 0.29) is 18.1 Å². The number of hydrogen-bond acceptors (Lipinski definition) is 6. The highest BCUT2D eigenvalue weighted by Crippen LogP contribution is 2.34. The van der Waals surface area contributed by atoms with Gasteiger partial charge < -0.3 is 14.8 Å². The lowest BCUT2D eigenvalue weighted by molar-refractivity contribution is -0.118. The molecule has 1 fully saturated rings. The minimum atomic E-state index is -0.403. The highest BCUT2D eigenvalue weighted by atomic mass is 79.9. The monoisotopic (exact) mass is 660 g/mol. The Morgan fingerprint density at radius 2 is 1.91 bits per heavy atom. The summed E-state index contributed by atoms with van der Waals surface area (Å²) in [6.07, 6.45) is 9.08. The van der Waals surface area contributed by atoms with Gasteiger partial charge in [0.05, 0.1) is 23.7 Å². The molecular weight excluding hydrogens is 627 g/mol. The summed E-state index contributed by atoms with van der Waals surface area (Å²) in [5.41, 5.74) is 2.31. The number of allylic oxidation sites excluding steroid dienone is 1. The van der Waals surface area contributed by atoms with E-state index in [4.69, 9.17) is 14.5 Å². The molecule has 10 heteroatoms. The van der Waals surface area contributed by atoms with E-state index in [1.165, 1.54) is 35.4 Å². The van der Waals surface area contributed by atoms with Gasteiger partial charge >= 0.3 is 0 Å². The lowest BCUT2D eigenvalue weighted by atomic mass is 9.88. The average Bonchev–Trinajstić information content (AvgIpc) is 3.02. The van der Waals surface area contributed by atoms with Crippen LogP contribution in [0.3, 0.4) is 0 Å². The van der Waals surface area contributed by atoms with Crippen molar-refractivity contribution in [2.75, 3.05) is 18.5 Å². The number of carbonyl (C=O) groups is 1. The number of ether oxygens (including phenoxy) is 2. The molecule has 1 aliphatic carbocycles. The maximum atomic E-state index is 13.7. The van der Waals surface area contributed by atoms with Crippen molar-refractivity contribution in [2.45, 2.75) is 51.4 Å². The van der Waals surface area contributed by atoms with Gasteiger partial charge in [0.15, 0.2) is 18.1 Å². The molecule has 0 bridgehead atoms. The van der Waals surface area contributed by atoms with Crippen LogP contribution in [0.1, 0.15) is 61.9 Å². The number of aromatic nitrogens is 2. The summed E-state index contributed by atoms with van der Waals surface area (Å²) in [5, 5.41) is 7.86. The fourth-order valence-electron chi connectivity index (χ4n) is 5.39. The van der Waals surface area contributed by atoms with Gasteiger partial charge in [0.1, 0.15) is 11.6 Å². The van der Waals surface area contributed by atoms with E-state index in [0.29, 0.717) is 52.5 Å². The third kappa shape index (κ3) is 7.42. The molecule has 0 atom stereocenters. The number of nitrogens with one attached hydrogen (secondary N) is 1. The van der Waals surface area contributed by atoms with Crippen molar-refractivity contribution in [3.8, 4) is 11.5 Å². The largest absolute Gasteiger partial charge is 0.490 e. The third-order valence-corrected chi connectivity index (χ3v) is 7.91. The van der Waals surface area contributed by atoms with Gasteiger partial charge in [-0.1, -0.05) is 41.3 Å². The quantitative estimate of drug-likeness (QED) is 0.134. The summed E-state index contributed by atoms with van der Waals surface area (Å²) in [6, 6.07) is 14.7. The highest BCUT2D eigenvalue weighted by Gasteiger charge is 2.23. The summed E-state index contributed by atoms with van der Waals surface area (Å²) in [7, 11) is 0. The van der Waals surface area contributed by atoms with Crippen LogP contribution in [0.25, 0.3) is 10.9 Å². The van der Waals surface area contributed by atoms with E-state index >= 15 is 0 Å². The van der Waals surface area contributed by atoms with Crippen LogP contribution in [-0.4, -0.2) is 35.0 Å². The van der Waals surface area contributed by atoms with Crippen molar-refractivity contribution in [1.29, 1.82) is 0 Å². The van der Waals surface area contributed by atoms with E-state index in [1.807, 2.05) is 25.1 Å². The second-order valence-corrected chi connectivity index (χ2v) is 11.5. The minimum absolute atomic E-state index is 0.147. The zero-order valence-electron chi connectivity index (χ0n) is 24.5. The van der Waals surface area contributed by atoms with Crippen LogP contribution < -0.4 is 20.3 Å². The van der Waals surface area contributed by atoms with E-state index in [0.717, 1.165) is 35.7 Å². The van der Waals surface area contributed by atoms with Crippen molar-refractivity contribution in [2.24, 2.45) is 5.10 Å². The summed E-state index contributed by atoms with van der Waals surface area (Å²) < 4.78 is 27.3. The van der Waals surface area contributed by atoms with Gasteiger partial charge in [-0.25, -0.2) is 9.37 Å². The molecule has 1 heterocycles. The molecule has 1 saturated carbocycles. The first kappa shape index (κ1) is 31.1. The first-order valence-electron chi connectivity index (χ1n) is 14.7. The fourth-order valence-corrected chi connectivity index (χ4v) is 5.75. The Hall–Kier alpha value is -4.31. The zero-order chi connectivity index (χ0) is 31.1. The van der Waals surface area contributed by atoms with Gasteiger partial charge in [-0.3, -0.25) is 9.59 Å². The Labute approximate surface area is 263 Å². The van der Waals surface area contributed by atoms with Crippen LogP contribution in [-0.2, 0) is 11.2 Å². The molecule has 8 nitrogen and oxygen atoms in total. The molecule has 5 rings (SSSR count). The number of hydrogen-bond donors (Lipinski definition) is 1. The standard InChI is InChI=1S/C34H34BrFN4O4/c1-3-8-24-17-22(18-30(43-4-2)32(24)44-21-31(41)38-27-14-12-26(36)13-15-27)20-37-40-33(23-9-6-5-7-10-23)39-29-16-11-25(35)19-28(29)34(40)42/h3,11-20,23H,1,4-10,21H2,2H3,(H,38,41). The summed E-state index contributed by atoms with van der Waals surface area (Å²) in [5.74, 6) is 0.870. The molecule has 4 aromatic rings. The van der Waals surface area contributed by atoms with Crippen LogP contribution >= 0.6 is 15.9 Å². The van der Waals surface area contributed by atoms with E-state index in [9.17, 15) is 14.0 Å². The van der Waals surface area contributed by atoms with Crippen molar-refractivity contribution in [3.63, 3.8) is 0 Å². The van der Waals surface area contributed by atoms with E-state index < -0.39 is 11.7 Å².